The fourth-order valence-corrected chi connectivity index (χ4v) is 1.70. The van der Waals surface area contributed by atoms with E-state index in [4.69, 9.17) is 5.11 Å². The van der Waals surface area contributed by atoms with Gasteiger partial charge in [-0.3, -0.25) is 9.78 Å². The molecule has 1 heterocycles. The van der Waals surface area contributed by atoms with Crippen LogP contribution in [0.4, 0.5) is 4.39 Å². The maximum atomic E-state index is 12.8. The summed E-state index contributed by atoms with van der Waals surface area (Å²) in [6, 6.07) is 4.28. The van der Waals surface area contributed by atoms with Gasteiger partial charge in [0.25, 0.3) is 5.91 Å². The van der Waals surface area contributed by atoms with Gasteiger partial charge in [0.05, 0.1) is 6.20 Å². The number of carbonyl (C=O) groups is 2. The molecule has 1 amide bonds. The molecule has 0 aliphatic carbocycles. The number of nitrogens with zero attached hydrogens (tertiary/aromatic N) is 2. The minimum absolute atomic E-state index is 0.0304. The highest BCUT2D eigenvalue weighted by Gasteiger charge is 2.21. The van der Waals surface area contributed by atoms with E-state index in [0.29, 0.717) is 5.56 Å². The molecule has 7 heteroatoms. The second-order valence-corrected chi connectivity index (χ2v) is 4.29. The number of carbonyl (C=O) groups excluding carboxylic acids is 1. The minimum atomic E-state index is -1.18. The number of aromatic nitrogens is 2. The molecule has 0 fully saturated rings. The molecule has 1 atom stereocenters. The summed E-state index contributed by atoms with van der Waals surface area (Å²) < 4.78 is 12.8. The summed E-state index contributed by atoms with van der Waals surface area (Å²) in [6.07, 6.45) is 4.03. The predicted molar refractivity (Wildman–Crippen MR) is 71.0 cm³/mol. The van der Waals surface area contributed by atoms with Gasteiger partial charge in [0.15, 0.2) is 0 Å². The summed E-state index contributed by atoms with van der Waals surface area (Å²) in [4.78, 5) is 30.6. The van der Waals surface area contributed by atoms with Crippen LogP contribution < -0.4 is 5.32 Å². The Morgan fingerprint density at radius 3 is 2.52 bits per heavy atom. The van der Waals surface area contributed by atoms with Crippen LogP contribution in [0, 0.1) is 5.82 Å². The average molecular weight is 289 g/mol. The predicted octanol–water partition coefficient (Wildman–Crippen LogP) is 1.04. The topological polar surface area (TPSA) is 92.2 Å². The molecule has 0 aliphatic heterocycles. The van der Waals surface area contributed by atoms with E-state index in [2.05, 4.69) is 15.3 Å². The van der Waals surface area contributed by atoms with Crippen molar-refractivity contribution in [1.82, 2.24) is 15.3 Å². The fraction of sp³-hybridized carbons (Fsp3) is 0.143. The Hall–Kier alpha value is -2.83. The van der Waals surface area contributed by atoms with E-state index in [1.165, 1.54) is 42.9 Å². The molecular formula is C14H12FN3O3. The Kier molecular flexibility index (Phi) is 4.55. The third kappa shape index (κ3) is 4.07. The maximum absolute atomic E-state index is 12.8. The van der Waals surface area contributed by atoms with E-state index >= 15 is 0 Å². The van der Waals surface area contributed by atoms with Crippen LogP contribution in [0.25, 0.3) is 0 Å². The quantitative estimate of drug-likeness (QED) is 0.858. The first-order valence-corrected chi connectivity index (χ1v) is 6.10. The van der Waals surface area contributed by atoms with Crippen LogP contribution in [0.3, 0.4) is 0 Å². The van der Waals surface area contributed by atoms with Crippen LogP contribution in [-0.4, -0.2) is 33.0 Å². The highest BCUT2D eigenvalue weighted by Crippen LogP contribution is 2.07. The first kappa shape index (κ1) is 14.6. The molecule has 0 bridgehead atoms. The lowest BCUT2D eigenvalue weighted by Crippen LogP contribution is -2.42. The second kappa shape index (κ2) is 6.56. The number of halogens is 1. The fourth-order valence-electron chi connectivity index (χ4n) is 1.70. The van der Waals surface area contributed by atoms with Gasteiger partial charge < -0.3 is 10.4 Å². The summed E-state index contributed by atoms with van der Waals surface area (Å²) in [5.41, 5.74) is 0.631. The van der Waals surface area contributed by atoms with Gasteiger partial charge in [-0.2, -0.15) is 0 Å². The van der Waals surface area contributed by atoms with E-state index in [-0.39, 0.29) is 12.1 Å². The molecule has 1 aromatic heterocycles. The van der Waals surface area contributed by atoms with Crippen molar-refractivity contribution in [3.8, 4) is 0 Å². The summed E-state index contributed by atoms with van der Waals surface area (Å²) in [5, 5.41) is 11.5. The molecule has 0 spiro atoms. The highest BCUT2D eigenvalue weighted by molar-refractivity contribution is 5.94. The maximum Gasteiger partial charge on any atom is 0.326 e. The molecule has 1 aromatic carbocycles. The molecule has 6 nitrogen and oxygen atoms in total. The molecule has 2 aromatic rings. The lowest BCUT2D eigenvalue weighted by Gasteiger charge is -2.14. The van der Waals surface area contributed by atoms with Gasteiger partial charge in [0.2, 0.25) is 0 Å². The van der Waals surface area contributed by atoms with Gasteiger partial charge in [-0.15, -0.1) is 0 Å². The van der Waals surface area contributed by atoms with Gasteiger partial charge in [-0.25, -0.2) is 14.2 Å². The number of aliphatic carboxylic acids is 1. The normalized spacial score (nSPS) is 11.7. The van der Waals surface area contributed by atoms with E-state index in [0.717, 1.165) is 0 Å². The van der Waals surface area contributed by atoms with Gasteiger partial charge in [0, 0.05) is 18.8 Å². The van der Waals surface area contributed by atoms with Crippen LogP contribution in [0.1, 0.15) is 16.1 Å². The van der Waals surface area contributed by atoms with Crippen LogP contribution in [0.2, 0.25) is 0 Å². The number of carboxylic acids is 1. The average Bonchev–Trinajstić information content (AvgIpc) is 2.49. The van der Waals surface area contributed by atoms with E-state index < -0.39 is 23.7 Å². The number of rotatable bonds is 5. The Balaban J connectivity index is 2.07. The molecule has 0 saturated carbocycles. The standard InChI is InChI=1S/C14H12FN3O3/c15-10-3-1-9(2-4-10)7-11(14(20)21)18-13(19)12-8-16-5-6-17-12/h1-6,8,11H,7H2,(H,18,19)(H,20,21). The number of hydrogen-bond donors (Lipinski definition) is 2. The molecule has 0 radical (unpaired) electrons. The smallest absolute Gasteiger partial charge is 0.326 e. The highest BCUT2D eigenvalue weighted by atomic mass is 19.1. The zero-order valence-electron chi connectivity index (χ0n) is 10.9. The third-order valence-electron chi connectivity index (χ3n) is 2.75. The molecular weight excluding hydrogens is 277 g/mol. The number of hydrogen-bond acceptors (Lipinski definition) is 4. The Bertz CT molecular complexity index is 632. The minimum Gasteiger partial charge on any atom is -0.480 e. The Morgan fingerprint density at radius 1 is 1.24 bits per heavy atom. The molecule has 1 unspecified atom stereocenters. The molecule has 0 aliphatic rings. The number of benzene rings is 1. The molecule has 108 valence electrons. The van der Waals surface area contributed by atoms with Gasteiger partial charge >= 0.3 is 5.97 Å². The van der Waals surface area contributed by atoms with Crippen LogP contribution in [0.5, 0.6) is 0 Å². The van der Waals surface area contributed by atoms with Gasteiger partial charge in [-0.05, 0) is 17.7 Å². The van der Waals surface area contributed by atoms with Crippen molar-refractivity contribution in [3.05, 3.63) is 59.9 Å². The van der Waals surface area contributed by atoms with E-state index in [9.17, 15) is 14.0 Å². The van der Waals surface area contributed by atoms with Crippen LogP contribution >= 0.6 is 0 Å². The van der Waals surface area contributed by atoms with Crippen molar-refractivity contribution in [1.29, 1.82) is 0 Å². The Morgan fingerprint density at radius 2 is 1.95 bits per heavy atom. The summed E-state index contributed by atoms with van der Waals surface area (Å²) in [7, 11) is 0. The SMILES string of the molecule is O=C(NC(Cc1ccc(F)cc1)C(=O)O)c1cnccn1. The lowest BCUT2D eigenvalue weighted by molar-refractivity contribution is -0.139. The summed E-state index contributed by atoms with van der Waals surface area (Å²) in [6.45, 7) is 0. The largest absolute Gasteiger partial charge is 0.480 e. The molecule has 21 heavy (non-hydrogen) atoms. The van der Waals surface area contributed by atoms with E-state index in [1.54, 1.807) is 0 Å². The molecule has 0 saturated heterocycles. The third-order valence-corrected chi connectivity index (χ3v) is 2.75. The monoisotopic (exact) mass is 289 g/mol. The number of carboxylic acid groups (broad SMARTS) is 1. The van der Waals surface area contributed by atoms with Crippen LogP contribution in [-0.2, 0) is 11.2 Å². The van der Waals surface area contributed by atoms with Crippen molar-refractivity contribution in [2.75, 3.05) is 0 Å². The van der Waals surface area contributed by atoms with Crippen molar-refractivity contribution in [2.24, 2.45) is 0 Å². The van der Waals surface area contributed by atoms with Crippen molar-refractivity contribution in [3.63, 3.8) is 0 Å². The zero-order valence-corrected chi connectivity index (χ0v) is 10.9. The van der Waals surface area contributed by atoms with E-state index in [1.807, 2.05) is 0 Å². The first-order chi connectivity index (χ1) is 10.1. The van der Waals surface area contributed by atoms with Crippen molar-refractivity contribution < 1.29 is 19.1 Å². The number of amides is 1. The molecule has 2 N–H and O–H groups in total. The van der Waals surface area contributed by atoms with Crippen molar-refractivity contribution in [2.45, 2.75) is 12.5 Å². The van der Waals surface area contributed by atoms with Crippen LogP contribution in [0.15, 0.2) is 42.9 Å². The Labute approximate surface area is 119 Å². The molecule has 2 rings (SSSR count). The van der Waals surface area contributed by atoms with Gasteiger partial charge in [-0.1, -0.05) is 12.1 Å². The number of nitrogens with one attached hydrogen (secondary N) is 1. The lowest BCUT2D eigenvalue weighted by atomic mass is 10.1. The summed E-state index contributed by atoms with van der Waals surface area (Å²) >= 11 is 0. The second-order valence-electron chi connectivity index (χ2n) is 4.29. The first-order valence-electron chi connectivity index (χ1n) is 6.10. The van der Waals surface area contributed by atoms with Crippen molar-refractivity contribution >= 4 is 11.9 Å². The zero-order chi connectivity index (χ0) is 15.2. The van der Waals surface area contributed by atoms with Gasteiger partial charge in [0.1, 0.15) is 17.6 Å². The summed E-state index contributed by atoms with van der Waals surface area (Å²) in [5.74, 6) is -2.22.